The maximum atomic E-state index is 12.6. The molecule has 0 radical (unpaired) electrons. The molecule has 2 rings (SSSR count). The highest BCUT2D eigenvalue weighted by atomic mass is 32.2. The molecule has 4 heteroatoms. The monoisotopic (exact) mass is 176 g/mol. The Balaban J connectivity index is 2.95. The molecule has 10 heavy (non-hydrogen) atoms. The van der Waals surface area contributed by atoms with Gasteiger partial charge in [-0.05, 0) is 11.4 Å². The first-order valence-electron chi connectivity index (χ1n) is 2.60. The third-order valence-electron chi connectivity index (χ3n) is 1.22. The van der Waals surface area contributed by atoms with E-state index in [1.165, 1.54) is 11.3 Å². The minimum absolute atomic E-state index is 0.410. The predicted octanol–water partition coefficient (Wildman–Crippen LogP) is 3.24. The van der Waals surface area contributed by atoms with E-state index in [0.717, 1.165) is 15.4 Å². The van der Waals surface area contributed by atoms with Gasteiger partial charge in [0.25, 0.3) is 0 Å². The van der Waals surface area contributed by atoms with Gasteiger partial charge in [-0.25, -0.2) is 4.39 Å². The molecule has 0 aromatic carbocycles. The largest absolute Gasteiger partial charge is 0.214 e. The van der Waals surface area contributed by atoms with Gasteiger partial charge in [0.15, 0.2) is 5.82 Å². The van der Waals surface area contributed by atoms with Crippen LogP contribution in [-0.4, -0.2) is 0 Å². The van der Waals surface area contributed by atoms with E-state index in [2.05, 4.69) is 0 Å². The summed E-state index contributed by atoms with van der Waals surface area (Å²) in [5.41, 5.74) is 0. The van der Waals surface area contributed by atoms with Crippen molar-refractivity contribution < 1.29 is 8.78 Å². The van der Waals surface area contributed by atoms with E-state index >= 15 is 0 Å². The van der Waals surface area contributed by atoms with Crippen LogP contribution in [0.1, 0.15) is 0 Å². The van der Waals surface area contributed by atoms with Crippen molar-refractivity contribution in [3.63, 3.8) is 0 Å². The minimum atomic E-state index is -0.707. The Labute approximate surface area is 63.7 Å². The topological polar surface area (TPSA) is 0 Å². The van der Waals surface area contributed by atoms with Crippen molar-refractivity contribution >= 4 is 32.1 Å². The molecular formula is C6H2F2S2. The molecule has 0 bridgehead atoms. The van der Waals surface area contributed by atoms with Crippen molar-refractivity contribution in [2.75, 3.05) is 0 Å². The fraction of sp³-hybridized carbons (Fsp3) is 0. The van der Waals surface area contributed by atoms with Crippen LogP contribution in [0.4, 0.5) is 8.78 Å². The second-order valence-electron chi connectivity index (χ2n) is 1.81. The molecule has 0 fully saturated rings. The first-order valence-corrected chi connectivity index (χ1v) is 4.29. The Hall–Kier alpha value is -0.480. The van der Waals surface area contributed by atoms with Crippen molar-refractivity contribution in [2.45, 2.75) is 0 Å². The molecule has 0 N–H and O–H groups in total. The molecule has 0 aliphatic heterocycles. The highest BCUT2D eigenvalue weighted by Crippen LogP contribution is 2.32. The van der Waals surface area contributed by atoms with Gasteiger partial charge in [0, 0.05) is 5.39 Å². The van der Waals surface area contributed by atoms with Crippen LogP contribution in [-0.2, 0) is 0 Å². The third-order valence-corrected chi connectivity index (χ3v) is 3.23. The Morgan fingerprint density at radius 1 is 1.30 bits per heavy atom. The molecule has 52 valence electrons. The molecule has 0 spiro atoms. The molecule has 0 nitrogen and oxygen atoms in total. The van der Waals surface area contributed by atoms with Crippen molar-refractivity contribution in [3.05, 3.63) is 22.4 Å². The summed E-state index contributed by atoms with van der Waals surface area (Å²) >= 11 is 2.22. The highest BCUT2D eigenvalue weighted by molar-refractivity contribution is 7.36. The summed E-state index contributed by atoms with van der Waals surface area (Å²) in [6.45, 7) is 0. The van der Waals surface area contributed by atoms with Gasteiger partial charge in [0.2, 0.25) is 5.13 Å². The van der Waals surface area contributed by atoms with Gasteiger partial charge in [-0.15, -0.1) is 11.3 Å². The highest BCUT2D eigenvalue weighted by Gasteiger charge is 2.11. The van der Waals surface area contributed by atoms with Crippen LogP contribution in [0.2, 0.25) is 0 Å². The van der Waals surface area contributed by atoms with Gasteiger partial charge < -0.3 is 0 Å². The van der Waals surface area contributed by atoms with Gasteiger partial charge in [-0.2, -0.15) is 4.39 Å². The van der Waals surface area contributed by atoms with E-state index in [4.69, 9.17) is 0 Å². The lowest BCUT2D eigenvalue weighted by molar-refractivity contribution is 0.538. The van der Waals surface area contributed by atoms with Gasteiger partial charge in [-0.1, -0.05) is 11.3 Å². The van der Waals surface area contributed by atoms with E-state index in [-0.39, 0.29) is 0 Å². The van der Waals surface area contributed by atoms with Crippen LogP contribution < -0.4 is 0 Å². The fourth-order valence-corrected chi connectivity index (χ4v) is 2.59. The summed E-state index contributed by atoms with van der Waals surface area (Å²) in [6, 6.07) is 1.59. The summed E-state index contributed by atoms with van der Waals surface area (Å²) < 4.78 is 25.8. The van der Waals surface area contributed by atoms with Gasteiger partial charge in [0.1, 0.15) is 0 Å². The van der Waals surface area contributed by atoms with Gasteiger partial charge in [0.05, 0.1) is 4.01 Å². The first kappa shape index (κ1) is 6.24. The summed E-state index contributed by atoms with van der Waals surface area (Å²) in [7, 11) is 0. The molecular weight excluding hydrogens is 174 g/mol. The van der Waals surface area contributed by atoms with Crippen molar-refractivity contribution in [2.24, 2.45) is 0 Å². The summed E-state index contributed by atoms with van der Waals surface area (Å²) in [5.74, 6) is -0.707. The normalized spacial score (nSPS) is 11.0. The molecule has 0 atom stereocenters. The summed E-state index contributed by atoms with van der Waals surface area (Å²) in [6.07, 6.45) is 0. The zero-order chi connectivity index (χ0) is 7.14. The first-order chi connectivity index (χ1) is 4.79. The van der Waals surface area contributed by atoms with Crippen LogP contribution >= 0.6 is 22.7 Å². The molecule has 0 amide bonds. The molecule has 0 saturated carbocycles. The fourth-order valence-electron chi connectivity index (χ4n) is 0.769. The van der Waals surface area contributed by atoms with Gasteiger partial charge in [-0.3, -0.25) is 0 Å². The van der Waals surface area contributed by atoms with Crippen LogP contribution in [0, 0.1) is 10.9 Å². The smallest absolute Gasteiger partial charge is 0.202 e. The molecule has 0 aliphatic carbocycles. The Morgan fingerprint density at radius 3 is 2.80 bits per heavy atom. The zero-order valence-corrected chi connectivity index (χ0v) is 6.36. The van der Waals surface area contributed by atoms with E-state index in [1.54, 1.807) is 11.4 Å². The minimum Gasteiger partial charge on any atom is -0.202 e. The number of fused-ring (bicyclic) bond motifs is 1. The lowest BCUT2D eigenvalue weighted by Crippen LogP contribution is -1.68. The SMILES string of the molecule is Fc1sc2sccc2c1F. The predicted molar refractivity (Wildman–Crippen MR) is 39.6 cm³/mol. The average Bonchev–Trinajstić information content (AvgIpc) is 2.41. The second-order valence-corrected chi connectivity index (χ2v) is 3.96. The molecule has 0 unspecified atom stereocenters. The number of halogens is 2. The van der Waals surface area contributed by atoms with Crippen molar-refractivity contribution in [1.82, 2.24) is 0 Å². The second kappa shape index (κ2) is 2.00. The number of thiophene rings is 2. The zero-order valence-electron chi connectivity index (χ0n) is 4.73. The lowest BCUT2D eigenvalue weighted by atomic mass is 10.4. The van der Waals surface area contributed by atoms with E-state index < -0.39 is 10.9 Å². The molecule has 2 aromatic heterocycles. The maximum absolute atomic E-state index is 12.6. The van der Waals surface area contributed by atoms with Crippen LogP contribution in [0.15, 0.2) is 11.4 Å². The summed E-state index contributed by atoms with van der Waals surface area (Å²) in [5, 5.41) is 1.46. The molecule has 2 aromatic rings. The Kier molecular flexibility index (Phi) is 1.25. The number of hydrogen-bond acceptors (Lipinski definition) is 2. The van der Waals surface area contributed by atoms with Crippen LogP contribution in [0.5, 0.6) is 0 Å². The number of hydrogen-bond donors (Lipinski definition) is 0. The van der Waals surface area contributed by atoms with E-state index in [1.807, 2.05) is 0 Å². The lowest BCUT2D eigenvalue weighted by Gasteiger charge is -1.75. The molecule has 0 aliphatic rings. The standard InChI is InChI=1S/C6H2F2S2/c7-4-3-1-2-9-6(3)10-5(4)8/h1-2H. The molecule has 2 heterocycles. The maximum Gasteiger partial charge on any atom is 0.214 e. The van der Waals surface area contributed by atoms with Crippen molar-refractivity contribution in [3.8, 4) is 0 Å². The molecule has 0 saturated heterocycles. The van der Waals surface area contributed by atoms with Crippen molar-refractivity contribution in [1.29, 1.82) is 0 Å². The van der Waals surface area contributed by atoms with E-state index in [0.29, 0.717) is 5.39 Å². The summed E-state index contributed by atoms with van der Waals surface area (Å²) in [4.78, 5) is 0. The average molecular weight is 176 g/mol. The Bertz CT molecular complexity index is 361. The quantitative estimate of drug-likeness (QED) is 0.578. The van der Waals surface area contributed by atoms with E-state index in [9.17, 15) is 8.78 Å². The van der Waals surface area contributed by atoms with Crippen LogP contribution in [0.3, 0.4) is 0 Å². The third kappa shape index (κ3) is 0.690. The van der Waals surface area contributed by atoms with Crippen LogP contribution in [0.25, 0.3) is 9.40 Å². The number of rotatable bonds is 0. The van der Waals surface area contributed by atoms with Gasteiger partial charge >= 0.3 is 0 Å². The Morgan fingerprint density at radius 2 is 2.10 bits per heavy atom.